The minimum atomic E-state index is -1.53. The molecular formula is C27H24BrF2P. The zero-order valence-corrected chi connectivity index (χ0v) is 19.7. The minimum absolute atomic E-state index is 0. The molecule has 4 aromatic carbocycles. The van der Waals surface area contributed by atoms with Crippen LogP contribution in [0, 0.1) is 11.6 Å². The summed E-state index contributed by atoms with van der Waals surface area (Å²) < 4.78 is 24.6. The number of hydrogen-bond acceptors (Lipinski definition) is 0. The van der Waals surface area contributed by atoms with Crippen molar-refractivity contribution in [2.24, 2.45) is 0 Å². The molecule has 0 aliphatic rings. The van der Waals surface area contributed by atoms with E-state index < -0.39 is 18.9 Å². The number of halogens is 3. The highest BCUT2D eigenvalue weighted by molar-refractivity contribution is 7.95. The molecule has 0 nitrogen and oxygen atoms in total. The third kappa shape index (κ3) is 5.97. The number of benzene rings is 4. The van der Waals surface area contributed by atoms with E-state index in [1.54, 1.807) is 0 Å². The van der Waals surface area contributed by atoms with Gasteiger partial charge in [-0.25, -0.2) is 8.78 Å². The second kappa shape index (κ2) is 11.7. The monoisotopic (exact) mass is 496 g/mol. The molecule has 0 N–H and O–H groups in total. The molecule has 31 heavy (non-hydrogen) atoms. The lowest BCUT2D eigenvalue weighted by Crippen LogP contribution is -3.00. The summed E-state index contributed by atoms with van der Waals surface area (Å²) in [6.07, 6.45) is 1.46. The molecule has 0 aliphatic carbocycles. The van der Waals surface area contributed by atoms with E-state index in [1.807, 2.05) is 0 Å². The molecule has 0 spiro atoms. The molecule has 0 unspecified atom stereocenters. The molecule has 4 rings (SSSR count). The van der Waals surface area contributed by atoms with Gasteiger partial charge in [-0.15, -0.1) is 0 Å². The van der Waals surface area contributed by atoms with Crippen LogP contribution in [0.15, 0.2) is 116 Å². The van der Waals surface area contributed by atoms with E-state index in [-0.39, 0.29) is 17.0 Å². The summed E-state index contributed by atoms with van der Waals surface area (Å²) in [7, 11) is -1.53. The van der Waals surface area contributed by atoms with E-state index in [4.69, 9.17) is 0 Å². The van der Waals surface area contributed by atoms with Crippen LogP contribution >= 0.6 is 7.26 Å². The first kappa shape index (κ1) is 24.7. The average molecular weight is 497 g/mol. The first-order valence-electron chi connectivity index (χ1n) is 9.66. The zero-order chi connectivity index (χ0) is 21.4. The van der Waals surface area contributed by atoms with Gasteiger partial charge in [0, 0.05) is 0 Å². The topological polar surface area (TPSA) is 0 Å². The van der Waals surface area contributed by atoms with Gasteiger partial charge in [-0.05, 0) is 54.1 Å². The van der Waals surface area contributed by atoms with Crippen LogP contribution in [-0.2, 0) is 0 Å². The predicted molar refractivity (Wildman–Crippen MR) is 128 cm³/mol. The van der Waals surface area contributed by atoms with Gasteiger partial charge in [-0.3, -0.25) is 0 Å². The van der Waals surface area contributed by atoms with Crippen molar-refractivity contribution in [3.8, 4) is 0 Å². The standard InChI is InChI=1S/C19H18P.C8H6F2.BrH/c1-20(17-11-5-2-6-12-17,18-13-7-3-8-14-18)19-15-9-4-10-16-19;1-2-6-3-4-7(9)8(10)5-6;/h2-16H,1H3;2-5H,1H2;1H/q+1;;/p-1. The fourth-order valence-corrected chi connectivity index (χ4v) is 6.46. The smallest absolute Gasteiger partial charge is 0.159 e. The van der Waals surface area contributed by atoms with Gasteiger partial charge < -0.3 is 17.0 Å². The Hall–Kier alpha value is -2.61. The third-order valence-corrected chi connectivity index (χ3v) is 8.99. The van der Waals surface area contributed by atoms with E-state index >= 15 is 0 Å². The highest BCUT2D eigenvalue weighted by atomic mass is 79.9. The minimum Gasteiger partial charge on any atom is -1.00 e. The van der Waals surface area contributed by atoms with Crippen molar-refractivity contribution in [1.82, 2.24) is 0 Å². The molecule has 0 saturated heterocycles. The van der Waals surface area contributed by atoms with Crippen molar-refractivity contribution < 1.29 is 25.8 Å². The van der Waals surface area contributed by atoms with Crippen LogP contribution in [0.1, 0.15) is 5.56 Å². The van der Waals surface area contributed by atoms with Gasteiger partial charge in [0.1, 0.15) is 23.2 Å². The summed E-state index contributed by atoms with van der Waals surface area (Å²) >= 11 is 0. The summed E-state index contributed by atoms with van der Waals surface area (Å²) in [5, 5.41) is 4.28. The molecule has 0 bridgehead atoms. The Labute approximate surface area is 194 Å². The highest BCUT2D eigenvalue weighted by Gasteiger charge is 2.39. The zero-order valence-electron chi connectivity index (χ0n) is 17.3. The fourth-order valence-electron chi connectivity index (χ4n) is 3.26. The van der Waals surface area contributed by atoms with Gasteiger partial charge in [-0.2, -0.15) is 0 Å². The van der Waals surface area contributed by atoms with Crippen molar-refractivity contribution in [2.45, 2.75) is 0 Å². The Morgan fingerprint density at radius 3 is 1.32 bits per heavy atom. The molecule has 4 heteroatoms. The largest absolute Gasteiger partial charge is 1.00 e. The van der Waals surface area contributed by atoms with E-state index in [0.717, 1.165) is 12.1 Å². The first-order chi connectivity index (χ1) is 14.6. The van der Waals surface area contributed by atoms with Crippen LogP contribution in [0.3, 0.4) is 0 Å². The summed E-state index contributed by atoms with van der Waals surface area (Å²) in [5.41, 5.74) is 0.582. The van der Waals surface area contributed by atoms with Gasteiger partial charge in [0.15, 0.2) is 11.6 Å². The van der Waals surface area contributed by atoms with Crippen molar-refractivity contribution >= 4 is 29.3 Å². The van der Waals surface area contributed by atoms with Crippen molar-refractivity contribution in [3.63, 3.8) is 0 Å². The van der Waals surface area contributed by atoms with E-state index in [0.29, 0.717) is 5.56 Å². The predicted octanol–water partition coefficient (Wildman–Crippen LogP) is 3.22. The second-order valence-electron chi connectivity index (χ2n) is 6.89. The molecule has 0 saturated carbocycles. The Bertz CT molecular complexity index is 987. The van der Waals surface area contributed by atoms with Gasteiger partial charge in [0.05, 0.1) is 6.66 Å². The van der Waals surface area contributed by atoms with E-state index in [9.17, 15) is 8.78 Å². The summed E-state index contributed by atoms with van der Waals surface area (Å²) in [4.78, 5) is 0. The highest BCUT2D eigenvalue weighted by Crippen LogP contribution is 2.51. The normalized spacial score (nSPS) is 10.3. The lowest BCUT2D eigenvalue weighted by atomic mass is 10.2. The van der Waals surface area contributed by atoms with Crippen LogP contribution in [0.25, 0.3) is 6.08 Å². The van der Waals surface area contributed by atoms with Crippen molar-refractivity contribution in [3.05, 3.63) is 133 Å². The maximum Gasteiger partial charge on any atom is 0.159 e. The number of rotatable bonds is 4. The molecule has 0 radical (unpaired) electrons. The van der Waals surface area contributed by atoms with Gasteiger partial charge in [0.2, 0.25) is 0 Å². The lowest BCUT2D eigenvalue weighted by Gasteiger charge is -2.22. The van der Waals surface area contributed by atoms with Crippen LogP contribution in [0.4, 0.5) is 8.78 Å². The number of hydrogen-bond donors (Lipinski definition) is 0. The SMILES string of the molecule is C=Cc1ccc(F)c(F)c1.C[P+](c1ccccc1)(c1ccccc1)c1ccccc1.[Br-]. The average Bonchev–Trinajstić information content (AvgIpc) is 2.82. The maximum absolute atomic E-state index is 12.3. The molecule has 0 aliphatic heterocycles. The van der Waals surface area contributed by atoms with Crippen LogP contribution in [0.2, 0.25) is 0 Å². The third-order valence-electron chi connectivity index (χ3n) is 5.00. The molecule has 0 fully saturated rings. The quantitative estimate of drug-likeness (QED) is 0.380. The second-order valence-corrected chi connectivity index (χ2v) is 10.5. The van der Waals surface area contributed by atoms with Crippen LogP contribution in [0.5, 0.6) is 0 Å². The Kier molecular flexibility index (Phi) is 9.30. The maximum atomic E-state index is 12.3. The first-order valence-corrected chi connectivity index (χ1v) is 11.9. The van der Waals surface area contributed by atoms with Gasteiger partial charge in [-0.1, -0.05) is 73.3 Å². The fraction of sp³-hybridized carbons (Fsp3) is 0.0370. The summed E-state index contributed by atoms with van der Waals surface area (Å²) in [6.45, 7) is 5.82. The molecule has 0 amide bonds. The molecule has 4 aromatic rings. The molecular weight excluding hydrogens is 473 g/mol. The van der Waals surface area contributed by atoms with Gasteiger partial charge in [0.25, 0.3) is 0 Å². The van der Waals surface area contributed by atoms with E-state index in [2.05, 4.69) is 104 Å². The molecule has 0 aromatic heterocycles. The Morgan fingerprint density at radius 1 is 0.613 bits per heavy atom. The molecule has 0 atom stereocenters. The van der Waals surface area contributed by atoms with Crippen molar-refractivity contribution in [2.75, 3.05) is 6.66 Å². The summed E-state index contributed by atoms with van der Waals surface area (Å²) in [6, 6.07) is 36.3. The van der Waals surface area contributed by atoms with Crippen LogP contribution < -0.4 is 32.9 Å². The summed E-state index contributed by atoms with van der Waals surface area (Å²) in [5.74, 6) is -1.66. The van der Waals surface area contributed by atoms with E-state index in [1.165, 1.54) is 28.1 Å². The Morgan fingerprint density at radius 2 is 1.00 bits per heavy atom. The van der Waals surface area contributed by atoms with Crippen molar-refractivity contribution in [1.29, 1.82) is 0 Å². The molecule has 0 heterocycles. The van der Waals surface area contributed by atoms with Crippen LogP contribution in [-0.4, -0.2) is 6.66 Å². The Balaban J connectivity index is 0.000000264. The lowest BCUT2D eigenvalue weighted by molar-refractivity contribution is -0.00000695. The molecule has 158 valence electrons. The van der Waals surface area contributed by atoms with Gasteiger partial charge >= 0.3 is 0 Å².